The summed E-state index contributed by atoms with van der Waals surface area (Å²) in [5.74, 6) is -2.73. The lowest BCUT2D eigenvalue weighted by Gasteiger charge is -2.47. The van der Waals surface area contributed by atoms with E-state index in [9.17, 15) is 28.2 Å². The van der Waals surface area contributed by atoms with Crippen LogP contribution >= 0.6 is 0 Å². The highest BCUT2D eigenvalue weighted by Crippen LogP contribution is 2.49. The molecule has 0 radical (unpaired) electrons. The van der Waals surface area contributed by atoms with E-state index in [1.807, 2.05) is 14.0 Å². The van der Waals surface area contributed by atoms with E-state index in [-0.39, 0.29) is 42.8 Å². The lowest BCUT2D eigenvalue weighted by atomic mass is 9.60. The molecule has 6 atom stereocenters. The van der Waals surface area contributed by atoms with Gasteiger partial charge in [-0.15, -0.1) is 0 Å². The quantitative estimate of drug-likeness (QED) is 0.352. The molecular formula is C31H52O8S. The van der Waals surface area contributed by atoms with Crippen molar-refractivity contribution in [3.63, 3.8) is 0 Å². The molecule has 230 valence electrons. The number of hydrogen-bond acceptors (Lipinski definition) is 6. The molecule has 6 unspecified atom stereocenters. The van der Waals surface area contributed by atoms with Crippen molar-refractivity contribution in [2.24, 2.45) is 35.0 Å². The molecule has 0 aromatic rings. The molecule has 0 heterocycles. The van der Waals surface area contributed by atoms with Crippen LogP contribution in [0, 0.1) is 35.0 Å². The third kappa shape index (κ3) is 6.88. The van der Waals surface area contributed by atoms with Crippen molar-refractivity contribution in [1.82, 2.24) is 0 Å². The zero-order valence-electron chi connectivity index (χ0n) is 24.9. The van der Waals surface area contributed by atoms with Gasteiger partial charge in [0.05, 0.1) is 40.6 Å². The van der Waals surface area contributed by atoms with Crippen molar-refractivity contribution in [3.05, 3.63) is 0 Å². The highest BCUT2D eigenvalue weighted by Gasteiger charge is 2.51. The van der Waals surface area contributed by atoms with E-state index in [0.29, 0.717) is 37.2 Å². The summed E-state index contributed by atoms with van der Waals surface area (Å²) in [5, 5.41) is 17.7. The third-order valence-electron chi connectivity index (χ3n) is 11.4. The summed E-state index contributed by atoms with van der Waals surface area (Å²) < 4.78 is 39.4. The molecular weight excluding hydrogens is 532 g/mol. The van der Waals surface area contributed by atoms with Gasteiger partial charge < -0.3 is 19.7 Å². The number of methoxy groups -OCH3 is 1. The second-order valence-electron chi connectivity index (χ2n) is 14.0. The number of sulfone groups is 1. The normalized spacial score (nSPS) is 39.9. The average Bonchev–Trinajstić information content (AvgIpc) is 2.93. The van der Waals surface area contributed by atoms with Gasteiger partial charge >= 0.3 is 11.9 Å². The van der Waals surface area contributed by atoms with Gasteiger partial charge in [-0.2, -0.15) is 0 Å². The van der Waals surface area contributed by atoms with E-state index in [0.717, 1.165) is 38.5 Å². The summed E-state index contributed by atoms with van der Waals surface area (Å²) in [6, 6.07) is 0. The molecule has 9 heteroatoms. The summed E-state index contributed by atoms with van der Waals surface area (Å²) in [5.41, 5.74) is 0.273. The van der Waals surface area contributed by atoms with Crippen LogP contribution in [0.4, 0.5) is 0 Å². The molecule has 0 aliphatic heterocycles. The van der Waals surface area contributed by atoms with Crippen LogP contribution in [0.15, 0.2) is 0 Å². The highest BCUT2D eigenvalue weighted by atomic mass is 32.2. The predicted octanol–water partition coefficient (Wildman–Crippen LogP) is 5.72. The Balaban J connectivity index is 1.33. The average molecular weight is 585 g/mol. The van der Waals surface area contributed by atoms with Crippen LogP contribution in [0.1, 0.15) is 111 Å². The van der Waals surface area contributed by atoms with Gasteiger partial charge in [-0.1, -0.05) is 20.8 Å². The Hall–Kier alpha value is -1.19. The van der Waals surface area contributed by atoms with Gasteiger partial charge in [-0.3, -0.25) is 9.59 Å². The Kier molecular flexibility index (Phi) is 10.3. The van der Waals surface area contributed by atoms with Gasteiger partial charge in [0.25, 0.3) is 0 Å². The maximum absolute atomic E-state index is 13.7. The summed E-state index contributed by atoms with van der Waals surface area (Å²) in [4.78, 5) is 24.2. The monoisotopic (exact) mass is 584 g/mol. The van der Waals surface area contributed by atoms with E-state index in [1.54, 1.807) is 0 Å². The minimum absolute atomic E-state index is 0.0834. The molecule has 0 aromatic carbocycles. The molecule has 0 amide bonds. The second kappa shape index (κ2) is 13.0. The molecule has 4 rings (SSSR count). The fourth-order valence-corrected chi connectivity index (χ4v) is 11.5. The van der Waals surface area contributed by atoms with Crippen molar-refractivity contribution in [2.75, 3.05) is 7.11 Å². The first-order valence-electron chi connectivity index (χ1n) is 15.7. The van der Waals surface area contributed by atoms with Crippen molar-refractivity contribution < 1.29 is 37.7 Å². The first kappa shape index (κ1) is 31.7. The SMILES string of the molecule is COC1CCC(C(C)(C)C2CCC(OC3CCC(S(=O)(=O)C4CCC(C)CC4C(=O)O)C(C(=O)O)C3)CC2)CC1. The van der Waals surface area contributed by atoms with Gasteiger partial charge in [0.1, 0.15) is 0 Å². The van der Waals surface area contributed by atoms with E-state index in [1.165, 1.54) is 12.8 Å². The fraction of sp³-hybridized carbons (Fsp3) is 0.935. The molecule has 4 saturated carbocycles. The number of aliphatic carboxylic acids is 2. The number of carboxylic acid groups (broad SMARTS) is 2. The molecule has 40 heavy (non-hydrogen) atoms. The van der Waals surface area contributed by atoms with Crippen molar-refractivity contribution >= 4 is 21.8 Å². The van der Waals surface area contributed by atoms with Crippen LogP contribution in [0.25, 0.3) is 0 Å². The fourth-order valence-electron chi connectivity index (χ4n) is 8.70. The van der Waals surface area contributed by atoms with Crippen molar-refractivity contribution in [3.8, 4) is 0 Å². The van der Waals surface area contributed by atoms with Gasteiger partial charge in [-0.05, 0) is 113 Å². The topological polar surface area (TPSA) is 127 Å². The van der Waals surface area contributed by atoms with Crippen LogP contribution in [-0.2, 0) is 28.9 Å². The number of hydrogen-bond donors (Lipinski definition) is 2. The third-order valence-corrected chi connectivity index (χ3v) is 14.3. The van der Waals surface area contributed by atoms with Crippen molar-refractivity contribution in [2.45, 2.75) is 139 Å². The highest BCUT2D eigenvalue weighted by molar-refractivity contribution is 7.92. The number of rotatable bonds is 9. The smallest absolute Gasteiger partial charge is 0.307 e. The van der Waals surface area contributed by atoms with Crippen LogP contribution in [-0.4, -0.2) is 66.5 Å². The van der Waals surface area contributed by atoms with Crippen LogP contribution < -0.4 is 0 Å². The first-order valence-corrected chi connectivity index (χ1v) is 17.3. The van der Waals surface area contributed by atoms with E-state index < -0.39 is 44.1 Å². The first-order chi connectivity index (χ1) is 18.8. The molecule has 0 spiro atoms. The Labute approximate surface area is 240 Å². The summed E-state index contributed by atoms with van der Waals surface area (Å²) in [6.45, 7) is 6.80. The number of carboxylic acids is 2. The summed E-state index contributed by atoms with van der Waals surface area (Å²) in [7, 11) is -2.11. The summed E-state index contributed by atoms with van der Waals surface area (Å²) >= 11 is 0. The van der Waals surface area contributed by atoms with Crippen molar-refractivity contribution in [1.29, 1.82) is 0 Å². The standard InChI is InChI=1S/C31H52O8S/c1-19-5-15-27(25(17-19)29(32)33)40(36,37)28-16-14-24(18-26(28)30(34)35)39-23-12-8-21(9-13-23)31(2,3)20-6-10-22(38-4)11-7-20/h19-28H,5-18H2,1-4H3,(H,32,33)(H,34,35). The van der Waals surface area contributed by atoms with Gasteiger partial charge in [-0.25, -0.2) is 8.42 Å². The number of carbonyl (C=O) groups is 2. The zero-order valence-corrected chi connectivity index (χ0v) is 25.7. The Bertz CT molecular complexity index is 977. The number of ether oxygens (including phenoxy) is 2. The second-order valence-corrected chi connectivity index (χ2v) is 16.4. The minimum Gasteiger partial charge on any atom is -0.481 e. The van der Waals surface area contributed by atoms with Crippen LogP contribution in [0.3, 0.4) is 0 Å². The molecule has 0 saturated heterocycles. The van der Waals surface area contributed by atoms with Gasteiger partial charge in [0.15, 0.2) is 9.84 Å². The van der Waals surface area contributed by atoms with Crippen LogP contribution in [0.5, 0.6) is 0 Å². The molecule has 4 aliphatic rings. The van der Waals surface area contributed by atoms with E-state index in [4.69, 9.17) is 9.47 Å². The zero-order chi connectivity index (χ0) is 29.2. The Morgan fingerprint density at radius 2 is 1.12 bits per heavy atom. The molecule has 8 nitrogen and oxygen atoms in total. The lowest BCUT2D eigenvalue weighted by molar-refractivity contribution is -0.146. The Morgan fingerprint density at radius 1 is 0.675 bits per heavy atom. The predicted molar refractivity (Wildman–Crippen MR) is 153 cm³/mol. The minimum atomic E-state index is -3.92. The maximum atomic E-state index is 13.7. The van der Waals surface area contributed by atoms with Gasteiger partial charge in [0.2, 0.25) is 0 Å². The Morgan fingerprint density at radius 3 is 1.62 bits per heavy atom. The molecule has 2 N–H and O–H groups in total. The van der Waals surface area contributed by atoms with E-state index >= 15 is 0 Å². The lowest BCUT2D eigenvalue weighted by Crippen LogP contribution is -2.50. The van der Waals surface area contributed by atoms with Crippen LogP contribution in [0.2, 0.25) is 0 Å². The molecule has 4 aliphatic carbocycles. The van der Waals surface area contributed by atoms with Gasteiger partial charge in [0, 0.05) is 7.11 Å². The molecule has 0 aromatic heterocycles. The largest absolute Gasteiger partial charge is 0.481 e. The molecule has 4 fully saturated rings. The molecule has 0 bridgehead atoms. The maximum Gasteiger partial charge on any atom is 0.307 e. The summed E-state index contributed by atoms with van der Waals surface area (Å²) in [6.07, 6.45) is 11.2. The van der Waals surface area contributed by atoms with E-state index in [2.05, 4.69) is 13.8 Å².